The third-order valence-electron chi connectivity index (χ3n) is 7.93. The predicted molar refractivity (Wildman–Crippen MR) is 107 cm³/mol. The van der Waals surface area contributed by atoms with E-state index in [1.54, 1.807) is 12.5 Å². The highest BCUT2D eigenvalue weighted by Gasteiger charge is 2.76. The molecule has 7 nitrogen and oxygen atoms in total. The van der Waals surface area contributed by atoms with Gasteiger partial charge in [0.05, 0.1) is 23.8 Å². The standard InChI is InChI=1S/C22H29ClO7/c1-14(24)30-16-10-21(26,12-23)22(27,8-4-15-5-9-28-11-15)20-7-3-6-19(2,17(16)20)18(25)29-13-20/h5,9,11,16-17,26-27H,3-4,6-8,10,12-13H2,1-2H3/t16-,17+,19+,20-,21-,22+/m1/s1. The van der Waals surface area contributed by atoms with Gasteiger partial charge in [0.25, 0.3) is 0 Å². The van der Waals surface area contributed by atoms with E-state index in [1.807, 2.05) is 13.0 Å². The minimum Gasteiger partial charge on any atom is -0.472 e. The monoisotopic (exact) mass is 440 g/mol. The van der Waals surface area contributed by atoms with Crippen LogP contribution in [0.2, 0.25) is 0 Å². The number of hydrogen-bond acceptors (Lipinski definition) is 7. The Hall–Kier alpha value is -1.57. The second-order valence-electron chi connectivity index (χ2n) is 9.49. The van der Waals surface area contributed by atoms with Gasteiger partial charge in [-0.15, -0.1) is 11.6 Å². The lowest BCUT2D eigenvalue weighted by atomic mass is 9.40. The maximum Gasteiger partial charge on any atom is 0.312 e. The molecule has 1 aliphatic heterocycles. The minimum absolute atomic E-state index is 0.0345. The SMILES string of the molecule is CC(=O)O[C@@H]1C[C@@](O)(CCl)[C@](O)(CCc2ccoc2)[C@]23CCC[C@](C)(C(=O)OC2)[C@H]13. The van der Waals surface area contributed by atoms with Gasteiger partial charge in [0, 0.05) is 24.7 Å². The first-order valence-electron chi connectivity index (χ1n) is 10.5. The summed E-state index contributed by atoms with van der Waals surface area (Å²) in [5.74, 6) is -1.53. The second kappa shape index (κ2) is 7.24. The van der Waals surface area contributed by atoms with Crippen LogP contribution < -0.4 is 0 Å². The van der Waals surface area contributed by atoms with Gasteiger partial charge in [0.2, 0.25) is 0 Å². The highest BCUT2D eigenvalue weighted by Crippen LogP contribution is 2.67. The van der Waals surface area contributed by atoms with Gasteiger partial charge >= 0.3 is 11.9 Å². The Balaban J connectivity index is 1.84. The summed E-state index contributed by atoms with van der Waals surface area (Å²) in [6.45, 7) is 3.10. The molecule has 6 atom stereocenters. The van der Waals surface area contributed by atoms with Crippen LogP contribution in [-0.4, -0.2) is 51.9 Å². The molecule has 3 fully saturated rings. The fourth-order valence-electron chi connectivity index (χ4n) is 6.60. The van der Waals surface area contributed by atoms with E-state index in [9.17, 15) is 19.8 Å². The average Bonchev–Trinajstić information content (AvgIpc) is 3.21. The first-order chi connectivity index (χ1) is 14.1. The molecule has 2 bridgehead atoms. The topological polar surface area (TPSA) is 106 Å². The molecule has 0 amide bonds. The van der Waals surface area contributed by atoms with Gasteiger partial charge in [-0.2, -0.15) is 0 Å². The van der Waals surface area contributed by atoms with E-state index in [1.165, 1.54) is 6.92 Å². The number of cyclic esters (lactones) is 1. The molecule has 2 aliphatic carbocycles. The molecule has 1 saturated heterocycles. The zero-order valence-electron chi connectivity index (χ0n) is 17.4. The second-order valence-corrected chi connectivity index (χ2v) is 9.76. The quantitative estimate of drug-likeness (QED) is 0.535. The third kappa shape index (κ3) is 2.85. The summed E-state index contributed by atoms with van der Waals surface area (Å²) in [5, 5.41) is 23.9. The third-order valence-corrected chi connectivity index (χ3v) is 8.37. The molecule has 2 heterocycles. The summed E-state index contributed by atoms with van der Waals surface area (Å²) in [6, 6.07) is 1.81. The van der Waals surface area contributed by atoms with Crippen molar-refractivity contribution in [1.82, 2.24) is 0 Å². The van der Waals surface area contributed by atoms with Gasteiger partial charge in [0.1, 0.15) is 23.9 Å². The Morgan fingerprint density at radius 3 is 2.77 bits per heavy atom. The van der Waals surface area contributed by atoms with Crippen molar-refractivity contribution in [3.63, 3.8) is 0 Å². The zero-order chi connectivity index (χ0) is 21.8. The smallest absolute Gasteiger partial charge is 0.312 e. The van der Waals surface area contributed by atoms with Gasteiger partial charge in [-0.1, -0.05) is 6.42 Å². The molecule has 1 aromatic heterocycles. The molecule has 1 aromatic rings. The number of ether oxygens (including phenoxy) is 2. The highest BCUT2D eigenvalue weighted by molar-refractivity contribution is 6.18. The number of rotatable bonds is 5. The molecule has 4 rings (SSSR count). The summed E-state index contributed by atoms with van der Waals surface area (Å²) < 4.78 is 16.4. The number of carbonyl (C=O) groups is 2. The molecule has 0 unspecified atom stereocenters. The lowest BCUT2D eigenvalue weighted by Crippen LogP contribution is -2.79. The molecule has 2 saturated carbocycles. The molecule has 30 heavy (non-hydrogen) atoms. The van der Waals surface area contributed by atoms with E-state index >= 15 is 0 Å². The van der Waals surface area contributed by atoms with Crippen LogP contribution in [0.5, 0.6) is 0 Å². The van der Waals surface area contributed by atoms with Gasteiger partial charge in [0.15, 0.2) is 0 Å². The number of halogens is 1. The summed E-state index contributed by atoms with van der Waals surface area (Å²) in [5.41, 5.74) is -4.34. The van der Waals surface area contributed by atoms with Crippen LogP contribution in [0.15, 0.2) is 23.0 Å². The molecule has 0 radical (unpaired) electrons. The Kier molecular flexibility index (Phi) is 5.23. The number of furan rings is 1. The summed E-state index contributed by atoms with van der Waals surface area (Å²) in [7, 11) is 0. The molecule has 3 aliphatic rings. The molecule has 0 spiro atoms. The highest BCUT2D eigenvalue weighted by atomic mass is 35.5. The number of esters is 2. The summed E-state index contributed by atoms with van der Waals surface area (Å²) >= 11 is 6.26. The molecule has 166 valence electrons. The van der Waals surface area contributed by atoms with Crippen LogP contribution in [0.4, 0.5) is 0 Å². The molecule has 8 heteroatoms. The van der Waals surface area contributed by atoms with Crippen LogP contribution >= 0.6 is 11.6 Å². The van der Waals surface area contributed by atoms with E-state index in [4.69, 9.17) is 25.5 Å². The van der Waals surface area contributed by atoms with Crippen molar-refractivity contribution >= 4 is 23.5 Å². The normalized spacial score (nSPS) is 42.9. The number of aryl methyl sites for hydroxylation is 1. The summed E-state index contributed by atoms with van der Waals surface area (Å²) in [4.78, 5) is 24.8. The van der Waals surface area contributed by atoms with Crippen LogP contribution in [0.25, 0.3) is 0 Å². The first-order valence-corrected chi connectivity index (χ1v) is 11.0. The van der Waals surface area contributed by atoms with Crippen molar-refractivity contribution < 1.29 is 33.7 Å². The van der Waals surface area contributed by atoms with Crippen LogP contribution in [0.1, 0.15) is 51.5 Å². The summed E-state index contributed by atoms with van der Waals surface area (Å²) in [6.07, 6.45) is 4.89. The van der Waals surface area contributed by atoms with Gasteiger partial charge in [-0.25, -0.2) is 0 Å². The van der Waals surface area contributed by atoms with Crippen molar-refractivity contribution in [3.05, 3.63) is 24.2 Å². The largest absolute Gasteiger partial charge is 0.472 e. The predicted octanol–water partition coefficient (Wildman–Crippen LogP) is 2.60. The van der Waals surface area contributed by atoms with E-state index in [0.717, 1.165) is 5.56 Å². The van der Waals surface area contributed by atoms with Crippen LogP contribution in [-0.2, 0) is 25.5 Å². The number of carbonyl (C=O) groups excluding carboxylic acids is 2. The van der Waals surface area contributed by atoms with Crippen molar-refractivity contribution in [1.29, 1.82) is 0 Å². The van der Waals surface area contributed by atoms with Crippen LogP contribution in [0, 0.1) is 16.7 Å². The molecule has 2 N–H and O–H groups in total. The maximum atomic E-state index is 12.9. The molecule has 0 aromatic carbocycles. The fourth-order valence-corrected chi connectivity index (χ4v) is 6.93. The Labute approximate surface area is 180 Å². The molecular weight excluding hydrogens is 412 g/mol. The Bertz CT molecular complexity index is 825. The van der Waals surface area contributed by atoms with Crippen LogP contribution in [0.3, 0.4) is 0 Å². The average molecular weight is 441 g/mol. The first kappa shape index (κ1) is 21.7. The maximum absolute atomic E-state index is 12.9. The minimum atomic E-state index is -1.71. The van der Waals surface area contributed by atoms with E-state index < -0.39 is 40.0 Å². The van der Waals surface area contributed by atoms with Crippen molar-refractivity contribution in [2.24, 2.45) is 16.7 Å². The van der Waals surface area contributed by atoms with Gasteiger partial charge in [-0.05, 0) is 44.2 Å². The van der Waals surface area contributed by atoms with E-state index in [-0.39, 0.29) is 31.3 Å². The number of alkyl halides is 1. The number of hydrogen-bond donors (Lipinski definition) is 2. The van der Waals surface area contributed by atoms with Crippen molar-refractivity contribution in [2.75, 3.05) is 12.5 Å². The van der Waals surface area contributed by atoms with Gasteiger partial charge in [-0.3, -0.25) is 9.59 Å². The van der Waals surface area contributed by atoms with E-state index in [0.29, 0.717) is 25.7 Å². The lowest BCUT2D eigenvalue weighted by Gasteiger charge is -2.69. The Morgan fingerprint density at radius 1 is 1.37 bits per heavy atom. The Morgan fingerprint density at radius 2 is 2.13 bits per heavy atom. The zero-order valence-corrected chi connectivity index (χ0v) is 18.1. The number of aliphatic hydroxyl groups is 2. The van der Waals surface area contributed by atoms with E-state index in [2.05, 4.69) is 0 Å². The van der Waals surface area contributed by atoms with Gasteiger partial charge < -0.3 is 24.1 Å². The van der Waals surface area contributed by atoms with Crippen molar-refractivity contribution in [2.45, 2.75) is 69.7 Å². The molecular formula is C22H29ClO7. The van der Waals surface area contributed by atoms with Crippen molar-refractivity contribution in [3.8, 4) is 0 Å². The lowest BCUT2D eigenvalue weighted by molar-refractivity contribution is -0.327. The fraction of sp³-hybridized carbons (Fsp3) is 0.727.